The molecular weight excluding hydrogens is 278 g/mol. The van der Waals surface area contributed by atoms with Crippen LogP contribution in [0.5, 0.6) is 11.5 Å². The van der Waals surface area contributed by atoms with Crippen LogP contribution in [-0.2, 0) is 5.41 Å². The van der Waals surface area contributed by atoms with Crippen LogP contribution in [-0.4, -0.2) is 18.1 Å². The Morgan fingerprint density at radius 1 is 1.09 bits per heavy atom. The Hall–Kier alpha value is -2.49. The van der Waals surface area contributed by atoms with E-state index in [1.807, 2.05) is 6.07 Å². The zero-order chi connectivity index (χ0) is 16.3. The van der Waals surface area contributed by atoms with E-state index in [1.165, 1.54) is 0 Å². The number of amides is 1. The van der Waals surface area contributed by atoms with Crippen molar-refractivity contribution in [1.29, 1.82) is 0 Å². The van der Waals surface area contributed by atoms with Gasteiger partial charge in [-0.25, -0.2) is 0 Å². The highest BCUT2D eigenvalue weighted by Crippen LogP contribution is 2.31. The second-order valence-electron chi connectivity index (χ2n) is 6.16. The van der Waals surface area contributed by atoms with Gasteiger partial charge in [0.05, 0.1) is 12.8 Å². The molecule has 22 heavy (non-hydrogen) atoms. The first kappa shape index (κ1) is 15.9. The first-order chi connectivity index (χ1) is 10.3. The molecule has 0 aromatic heterocycles. The molecule has 116 valence electrons. The molecule has 2 N–H and O–H groups in total. The molecular formula is C18H21NO3. The largest absolute Gasteiger partial charge is 0.506 e. The minimum absolute atomic E-state index is 0.0508. The number of carbonyl (C=O) groups excluding carboxylic acids is 1. The highest BCUT2D eigenvalue weighted by Gasteiger charge is 2.16. The second-order valence-corrected chi connectivity index (χ2v) is 6.16. The summed E-state index contributed by atoms with van der Waals surface area (Å²) in [4.78, 5) is 12.3. The Morgan fingerprint density at radius 2 is 1.73 bits per heavy atom. The number of benzene rings is 2. The van der Waals surface area contributed by atoms with Gasteiger partial charge in [-0.15, -0.1) is 0 Å². The fourth-order valence-electron chi connectivity index (χ4n) is 2.04. The lowest BCUT2D eigenvalue weighted by Gasteiger charge is -2.20. The Bertz CT molecular complexity index is 670. The van der Waals surface area contributed by atoms with E-state index in [4.69, 9.17) is 4.74 Å². The molecule has 2 aromatic rings. The number of hydrogen-bond donors (Lipinski definition) is 2. The number of anilines is 1. The fourth-order valence-corrected chi connectivity index (χ4v) is 2.04. The molecule has 0 saturated heterocycles. The molecule has 0 bridgehead atoms. The molecule has 0 heterocycles. The Morgan fingerprint density at radius 3 is 2.27 bits per heavy atom. The van der Waals surface area contributed by atoms with Crippen LogP contribution < -0.4 is 10.1 Å². The van der Waals surface area contributed by atoms with Gasteiger partial charge in [0, 0.05) is 5.56 Å². The average Bonchev–Trinajstić information content (AvgIpc) is 2.48. The molecule has 0 spiro atoms. The number of hydrogen-bond acceptors (Lipinski definition) is 3. The number of nitrogens with one attached hydrogen (secondary N) is 1. The third kappa shape index (κ3) is 3.58. The molecule has 0 aliphatic heterocycles. The zero-order valence-corrected chi connectivity index (χ0v) is 13.3. The van der Waals surface area contributed by atoms with Gasteiger partial charge in [0.1, 0.15) is 11.5 Å². The summed E-state index contributed by atoms with van der Waals surface area (Å²) in [6.45, 7) is 6.23. The SMILES string of the molecule is COc1ccc(C(=O)Nc2cc(C(C)(C)C)ccc2O)cc1. The predicted octanol–water partition coefficient (Wildman–Crippen LogP) is 3.95. The molecule has 4 heteroatoms. The number of phenolic OH excluding ortho intramolecular Hbond substituents is 1. The van der Waals surface area contributed by atoms with Crippen molar-refractivity contribution < 1.29 is 14.6 Å². The van der Waals surface area contributed by atoms with Crippen LogP contribution in [0.4, 0.5) is 5.69 Å². The van der Waals surface area contributed by atoms with Crippen LogP contribution in [0.15, 0.2) is 42.5 Å². The standard InChI is InChI=1S/C18H21NO3/c1-18(2,3)13-7-10-16(20)15(11-13)19-17(21)12-5-8-14(22-4)9-6-12/h5-11,20H,1-4H3,(H,19,21). The molecule has 2 rings (SSSR count). The molecule has 0 radical (unpaired) electrons. The van der Waals surface area contributed by atoms with Crippen molar-refractivity contribution in [3.8, 4) is 11.5 Å². The van der Waals surface area contributed by atoms with E-state index in [2.05, 4.69) is 26.1 Å². The van der Waals surface area contributed by atoms with Crippen molar-refractivity contribution in [1.82, 2.24) is 0 Å². The van der Waals surface area contributed by atoms with Gasteiger partial charge >= 0.3 is 0 Å². The van der Waals surface area contributed by atoms with Crippen LogP contribution in [0.1, 0.15) is 36.7 Å². The normalized spacial score (nSPS) is 11.1. The van der Waals surface area contributed by atoms with Crippen molar-refractivity contribution in [3.63, 3.8) is 0 Å². The van der Waals surface area contributed by atoms with Gasteiger partial charge in [-0.05, 0) is 47.4 Å². The van der Waals surface area contributed by atoms with Crippen molar-refractivity contribution in [2.24, 2.45) is 0 Å². The van der Waals surface area contributed by atoms with E-state index >= 15 is 0 Å². The number of phenols is 1. The van der Waals surface area contributed by atoms with Crippen molar-refractivity contribution in [2.75, 3.05) is 12.4 Å². The Labute approximate surface area is 130 Å². The van der Waals surface area contributed by atoms with Crippen LogP contribution >= 0.6 is 0 Å². The lowest BCUT2D eigenvalue weighted by atomic mass is 9.87. The van der Waals surface area contributed by atoms with E-state index in [0.29, 0.717) is 17.0 Å². The third-order valence-electron chi connectivity index (χ3n) is 3.46. The second kappa shape index (κ2) is 6.10. The predicted molar refractivity (Wildman–Crippen MR) is 87.8 cm³/mol. The maximum Gasteiger partial charge on any atom is 0.255 e. The van der Waals surface area contributed by atoms with Crippen molar-refractivity contribution >= 4 is 11.6 Å². The lowest BCUT2D eigenvalue weighted by molar-refractivity contribution is 0.102. The topological polar surface area (TPSA) is 58.6 Å². The summed E-state index contributed by atoms with van der Waals surface area (Å²) < 4.78 is 5.07. The quantitative estimate of drug-likeness (QED) is 0.844. The van der Waals surface area contributed by atoms with Crippen LogP contribution in [0, 0.1) is 0 Å². The van der Waals surface area contributed by atoms with Gasteiger partial charge in [-0.2, -0.15) is 0 Å². The van der Waals surface area contributed by atoms with Crippen LogP contribution in [0.2, 0.25) is 0 Å². The van der Waals surface area contributed by atoms with E-state index in [1.54, 1.807) is 43.5 Å². The van der Waals surface area contributed by atoms with Gasteiger partial charge in [-0.1, -0.05) is 26.8 Å². The van der Waals surface area contributed by atoms with E-state index in [9.17, 15) is 9.90 Å². The minimum atomic E-state index is -0.274. The van der Waals surface area contributed by atoms with Gasteiger partial charge in [0.15, 0.2) is 0 Å². The first-order valence-corrected chi connectivity index (χ1v) is 7.10. The van der Waals surface area contributed by atoms with E-state index in [0.717, 1.165) is 5.56 Å². The highest BCUT2D eigenvalue weighted by molar-refractivity contribution is 6.05. The summed E-state index contributed by atoms with van der Waals surface area (Å²) in [5.41, 5.74) is 1.89. The van der Waals surface area contributed by atoms with E-state index in [-0.39, 0.29) is 17.1 Å². The number of ether oxygens (including phenoxy) is 1. The Balaban J connectivity index is 2.23. The third-order valence-corrected chi connectivity index (χ3v) is 3.46. The number of aromatic hydroxyl groups is 1. The summed E-state index contributed by atoms with van der Waals surface area (Å²) in [6.07, 6.45) is 0. The van der Waals surface area contributed by atoms with Crippen molar-refractivity contribution in [2.45, 2.75) is 26.2 Å². The smallest absolute Gasteiger partial charge is 0.255 e. The summed E-state index contributed by atoms with van der Waals surface area (Å²) in [5.74, 6) is 0.466. The molecule has 0 saturated carbocycles. The van der Waals surface area contributed by atoms with Crippen molar-refractivity contribution in [3.05, 3.63) is 53.6 Å². The average molecular weight is 299 g/mol. The van der Waals surface area contributed by atoms with Crippen LogP contribution in [0.25, 0.3) is 0 Å². The van der Waals surface area contributed by atoms with Gasteiger partial charge < -0.3 is 15.2 Å². The fraction of sp³-hybridized carbons (Fsp3) is 0.278. The van der Waals surface area contributed by atoms with E-state index < -0.39 is 0 Å². The zero-order valence-electron chi connectivity index (χ0n) is 13.3. The summed E-state index contributed by atoms with van der Waals surface area (Å²) in [7, 11) is 1.57. The highest BCUT2D eigenvalue weighted by atomic mass is 16.5. The molecule has 4 nitrogen and oxygen atoms in total. The van der Waals surface area contributed by atoms with Crippen LogP contribution in [0.3, 0.4) is 0 Å². The molecule has 0 atom stereocenters. The summed E-state index contributed by atoms with van der Waals surface area (Å²) in [6, 6.07) is 12.1. The number of carbonyl (C=O) groups is 1. The maximum absolute atomic E-state index is 12.3. The first-order valence-electron chi connectivity index (χ1n) is 7.10. The number of rotatable bonds is 3. The van der Waals surface area contributed by atoms with Gasteiger partial charge in [-0.3, -0.25) is 4.79 Å². The molecule has 0 unspecified atom stereocenters. The molecule has 0 aliphatic rings. The lowest BCUT2D eigenvalue weighted by Crippen LogP contribution is -2.14. The molecule has 2 aromatic carbocycles. The Kier molecular flexibility index (Phi) is 4.40. The monoisotopic (exact) mass is 299 g/mol. The van der Waals surface area contributed by atoms with Gasteiger partial charge in [0.25, 0.3) is 5.91 Å². The maximum atomic E-state index is 12.3. The molecule has 0 aliphatic carbocycles. The summed E-state index contributed by atoms with van der Waals surface area (Å²) in [5, 5.41) is 12.7. The van der Waals surface area contributed by atoms with Gasteiger partial charge in [0.2, 0.25) is 0 Å². The molecule has 1 amide bonds. The number of methoxy groups -OCH3 is 1. The summed E-state index contributed by atoms with van der Waals surface area (Å²) >= 11 is 0. The minimum Gasteiger partial charge on any atom is -0.506 e. The molecule has 0 fully saturated rings.